The van der Waals surface area contributed by atoms with Crippen molar-refractivity contribution in [2.24, 2.45) is 5.92 Å². The summed E-state index contributed by atoms with van der Waals surface area (Å²) in [5.41, 5.74) is 4.24. The molecular formula is C15H21Cl. The van der Waals surface area contributed by atoms with Gasteiger partial charge in [0, 0.05) is 11.8 Å². The lowest BCUT2D eigenvalue weighted by molar-refractivity contribution is 0.463. The third-order valence-corrected chi connectivity index (χ3v) is 4.29. The first-order chi connectivity index (χ1) is 7.72. The topological polar surface area (TPSA) is 0 Å². The third kappa shape index (κ3) is 2.43. The van der Waals surface area contributed by atoms with Gasteiger partial charge >= 0.3 is 0 Å². The molecule has 1 atom stereocenters. The van der Waals surface area contributed by atoms with Gasteiger partial charge in [-0.15, -0.1) is 11.6 Å². The van der Waals surface area contributed by atoms with Gasteiger partial charge in [-0.05, 0) is 43.7 Å². The summed E-state index contributed by atoms with van der Waals surface area (Å²) in [7, 11) is 0. The first-order valence-corrected chi connectivity index (χ1v) is 6.89. The summed E-state index contributed by atoms with van der Waals surface area (Å²) in [4.78, 5) is 0. The molecule has 0 bridgehead atoms. The molecule has 1 fully saturated rings. The van der Waals surface area contributed by atoms with Gasteiger partial charge in [-0.25, -0.2) is 0 Å². The van der Waals surface area contributed by atoms with E-state index in [4.69, 9.17) is 11.6 Å². The summed E-state index contributed by atoms with van der Waals surface area (Å²) in [5, 5.41) is 0. The molecule has 0 saturated heterocycles. The van der Waals surface area contributed by atoms with E-state index in [0.717, 1.165) is 11.8 Å². The predicted molar refractivity (Wildman–Crippen MR) is 71.3 cm³/mol. The quantitative estimate of drug-likeness (QED) is 0.661. The summed E-state index contributed by atoms with van der Waals surface area (Å²) < 4.78 is 0. The minimum atomic E-state index is 0.574. The second-order valence-electron chi connectivity index (χ2n) is 5.17. The van der Waals surface area contributed by atoms with Crippen molar-refractivity contribution in [3.8, 4) is 0 Å². The number of benzene rings is 1. The molecule has 1 aromatic carbocycles. The van der Waals surface area contributed by atoms with Crippen LogP contribution < -0.4 is 0 Å². The second kappa shape index (κ2) is 5.23. The minimum Gasteiger partial charge on any atom is -0.126 e. The Labute approximate surface area is 104 Å². The van der Waals surface area contributed by atoms with Crippen molar-refractivity contribution in [1.82, 2.24) is 0 Å². The van der Waals surface area contributed by atoms with Crippen LogP contribution in [0.1, 0.15) is 48.3 Å². The molecule has 2 rings (SSSR count). The van der Waals surface area contributed by atoms with Crippen LogP contribution in [-0.2, 0) is 0 Å². The van der Waals surface area contributed by atoms with Crippen molar-refractivity contribution in [1.29, 1.82) is 0 Å². The summed E-state index contributed by atoms with van der Waals surface area (Å²) in [6.45, 7) is 4.37. The van der Waals surface area contributed by atoms with Crippen molar-refractivity contribution in [2.75, 3.05) is 5.88 Å². The van der Waals surface area contributed by atoms with Crippen molar-refractivity contribution < 1.29 is 0 Å². The highest BCUT2D eigenvalue weighted by molar-refractivity contribution is 6.18. The van der Waals surface area contributed by atoms with E-state index in [2.05, 4.69) is 32.0 Å². The molecule has 0 amide bonds. The first kappa shape index (κ1) is 12.0. The van der Waals surface area contributed by atoms with Crippen LogP contribution in [0.4, 0.5) is 0 Å². The molecule has 1 aromatic rings. The van der Waals surface area contributed by atoms with E-state index < -0.39 is 0 Å². The van der Waals surface area contributed by atoms with Gasteiger partial charge in [0.25, 0.3) is 0 Å². The van der Waals surface area contributed by atoms with Crippen LogP contribution in [0.5, 0.6) is 0 Å². The highest BCUT2D eigenvalue weighted by Crippen LogP contribution is 2.39. The molecular weight excluding hydrogens is 216 g/mol. The van der Waals surface area contributed by atoms with E-state index >= 15 is 0 Å². The summed E-state index contributed by atoms with van der Waals surface area (Å²) in [6.07, 6.45) is 5.52. The SMILES string of the molecule is Cc1ccc(C(CCl)C2CCCC2)c(C)c1. The maximum absolute atomic E-state index is 6.19. The average molecular weight is 237 g/mol. The lowest BCUT2D eigenvalue weighted by Gasteiger charge is -2.23. The van der Waals surface area contributed by atoms with Crippen molar-refractivity contribution in [2.45, 2.75) is 45.4 Å². The molecule has 0 aromatic heterocycles. The van der Waals surface area contributed by atoms with Gasteiger partial charge in [-0.1, -0.05) is 36.6 Å². The van der Waals surface area contributed by atoms with Crippen LogP contribution in [0.2, 0.25) is 0 Å². The molecule has 0 N–H and O–H groups in total. The van der Waals surface area contributed by atoms with E-state index in [1.165, 1.54) is 42.4 Å². The zero-order valence-corrected chi connectivity index (χ0v) is 11.1. The molecule has 0 radical (unpaired) electrons. The van der Waals surface area contributed by atoms with Crippen LogP contribution in [-0.4, -0.2) is 5.88 Å². The van der Waals surface area contributed by atoms with Gasteiger partial charge in [0.05, 0.1) is 0 Å². The fraction of sp³-hybridized carbons (Fsp3) is 0.600. The molecule has 0 aliphatic heterocycles. The summed E-state index contributed by atoms with van der Waals surface area (Å²) in [5.74, 6) is 2.16. The molecule has 1 aliphatic carbocycles. The zero-order valence-electron chi connectivity index (χ0n) is 10.3. The standard InChI is InChI=1S/C15H21Cl/c1-11-7-8-14(12(2)9-11)15(10-16)13-5-3-4-6-13/h7-9,13,15H,3-6,10H2,1-2H3. The number of hydrogen-bond acceptors (Lipinski definition) is 0. The Morgan fingerprint density at radius 1 is 1.25 bits per heavy atom. The smallest absolute Gasteiger partial charge is 0.0295 e. The van der Waals surface area contributed by atoms with Gasteiger partial charge in [0.1, 0.15) is 0 Å². The molecule has 0 spiro atoms. The largest absolute Gasteiger partial charge is 0.126 e. The number of hydrogen-bond donors (Lipinski definition) is 0. The van der Waals surface area contributed by atoms with Crippen LogP contribution in [0.25, 0.3) is 0 Å². The molecule has 1 aliphatic rings. The Morgan fingerprint density at radius 3 is 2.50 bits per heavy atom. The molecule has 0 heterocycles. The lowest BCUT2D eigenvalue weighted by atomic mass is 9.84. The molecule has 1 unspecified atom stereocenters. The van der Waals surface area contributed by atoms with Crippen LogP contribution >= 0.6 is 11.6 Å². The summed E-state index contributed by atoms with van der Waals surface area (Å²) >= 11 is 6.19. The summed E-state index contributed by atoms with van der Waals surface area (Å²) in [6, 6.07) is 6.79. The van der Waals surface area contributed by atoms with Crippen LogP contribution in [0, 0.1) is 19.8 Å². The Hall–Kier alpha value is -0.490. The molecule has 0 nitrogen and oxygen atoms in total. The molecule has 1 heteroatoms. The Kier molecular flexibility index (Phi) is 3.91. The Morgan fingerprint density at radius 2 is 1.94 bits per heavy atom. The lowest BCUT2D eigenvalue weighted by Crippen LogP contribution is -2.12. The number of halogens is 1. The zero-order chi connectivity index (χ0) is 11.5. The monoisotopic (exact) mass is 236 g/mol. The molecule has 1 saturated carbocycles. The van der Waals surface area contributed by atoms with Gasteiger partial charge < -0.3 is 0 Å². The Balaban J connectivity index is 2.25. The maximum Gasteiger partial charge on any atom is 0.0295 e. The van der Waals surface area contributed by atoms with Crippen molar-refractivity contribution in [3.05, 3.63) is 34.9 Å². The third-order valence-electron chi connectivity index (χ3n) is 3.96. The van der Waals surface area contributed by atoms with Gasteiger partial charge in [0.15, 0.2) is 0 Å². The first-order valence-electron chi connectivity index (χ1n) is 6.35. The number of alkyl halides is 1. The number of rotatable bonds is 3. The van der Waals surface area contributed by atoms with E-state index in [1.807, 2.05) is 0 Å². The van der Waals surface area contributed by atoms with Crippen molar-refractivity contribution in [3.63, 3.8) is 0 Å². The van der Waals surface area contributed by atoms with Crippen molar-refractivity contribution >= 4 is 11.6 Å². The normalized spacial score (nSPS) is 18.9. The fourth-order valence-electron chi connectivity index (χ4n) is 3.06. The highest BCUT2D eigenvalue weighted by atomic mass is 35.5. The van der Waals surface area contributed by atoms with Crippen LogP contribution in [0.3, 0.4) is 0 Å². The van der Waals surface area contributed by atoms with Gasteiger partial charge in [0.2, 0.25) is 0 Å². The van der Waals surface area contributed by atoms with Gasteiger partial charge in [-0.2, -0.15) is 0 Å². The number of aryl methyl sites for hydroxylation is 2. The molecule has 16 heavy (non-hydrogen) atoms. The maximum atomic E-state index is 6.19. The minimum absolute atomic E-state index is 0.574. The van der Waals surface area contributed by atoms with E-state index in [9.17, 15) is 0 Å². The predicted octanol–water partition coefficient (Wildman–Crippen LogP) is 4.82. The fourth-order valence-corrected chi connectivity index (χ4v) is 3.48. The highest BCUT2D eigenvalue weighted by Gasteiger charge is 2.26. The average Bonchev–Trinajstić information content (AvgIpc) is 2.75. The van der Waals surface area contributed by atoms with E-state index in [1.54, 1.807) is 0 Å². The second-order valence-corrected chi connectivity index (χ2v) is 5.47. The van der Waals surface area contributed by atoms with E-state index in [0.29, 0.717) is 5.92 Å². The van der Waals surface area contributed by atoms with Gasteiger partial charge in [-0.3, -0.25) is 0 Å². The van der Waals surface area contributed by atoms with Crippen LogP contribution in [0.15, 0.2) is 18.2 Å². The molecule has 88 valence electrons. The van der Waals surface area contributed by atoms with E-state index in [-0.39, 0.29) is 0 Å². The Bertz CT molecular complexity index is 350.